The zero-order valence-electron chi connectivity index (χ0n) is 8.19. The first-order chi connectivity index (χ1) is 7.22. The van der Waals surface area contributed by atoms with E-state index in [9.17, 15) is 4.79 Å². The first-order valence-electron chi connectivity index (χ1n) is 4.52. The van der Waals surface area contributed by atoms with Crippen molar-refractivity contribution in [1.82, 2.24) is 19.7 Å². The van der Waals surface area contributed by atoms with Gasteiger partial charge in [0.1, 0.15) is 11.2 Å². The fraction of sp³-hybridized carbons (Fsp3) is 0.333. The van der Waals surface area contributed by atoms with Gasteiger partial charge in [-0.15, -0.1) is 0 Å². The molecule has 0 saturated heterocycles. The number of aromatic nitrogens is 4. The van der Waals surface area contributed by atoms with E-state index in [1.54, 1.807) is 11.6 Å². The molecule has 6 nitrogen and oxygen atoms in total. The van der Waals surface area contributed by atoms with Crippen molar-refractivity contribution in [2.75, 3.05) is 0 Å². The van der Waals surface area contributed by atoms with E-state index in [2.05, 4.69) is 15.1 Å². The monoisotopic (exact) mass is 203 g/mol. The second-order valence-corrected chi connectivity index (χ2v) is 3.16. The summed E-state index contributed by atoms with van der Waals surface area (Å²) in [6.45, 7) is 2.17. The molecule has 0 spiro atoms. The van der Waals surface area contributed by atoms with Crippen LogP contribution in [0.15, 0.2) is 11.0 Å². The van der Waals surface area contributed by atoms with Gasteiger partial charge in [0, 0.05) is 0 Å². The Morgan fingerprint density at radius 1 is 1.67 bits per heavy atom. The zero-order valence-corrected chi connectivity index (χ0v) is 8.19. The number of rotatable bonds is 2. The SMILES string of the molecule is Cc1nc2c(cnn2CCC#N)c(=O)[nH]1. The van der Waals surface area contributed by atoms with Gasteiger partial charge in [0.15, 0.2) is 5.65 Å². The van der Waals surface area contributed by atoms with Crippen LogP contribution in [-0.2, 0) is 6.54 Å². The Balaban J connectivity index is 2.59. The van der Waals surface area contributed by atoms with Gasteiger partial charge in [0.25, 0.3) is 5.56 Å². The van der Waals surface area contributed by atoms with E-state index in [0.717, 1.165) is 0 Å². The van der Waals surface area contributed by atoms with Crippen molar-refractivity contribution in [2.24, 2.45) is 0 Å². The zero-order chi connectivity index (χ0) is 10.8. The minimum atomic E-state index is -0.194. The van der Waals surface area contributed by atoms with Gasteiger partial charge in [-0.25, -0.2) is 9.67 Å². The number of fused-ring (bicyclic) bond motifs is 1. The number of hydrogen-bond donors (Lipinski definition) is 1. The molecule has 2 aromatic heterocycles. The van der Waals surface area contributed by atoms with Crippen LogP contribution in [0.5, 0.6) is 0 Å². The highest BCUT2D eigenvalue weighted by atomic mass is 16.1. The Morgan fingerprint density at radius 2 is 2.47 bits per heavy atom. The summed E-state index contributed by atoms with van der Waals surface area (Å²) in [6, 6.07) is 2.03. The van der Waals surface area contributed by atoms with Crippen LogP contribution in [0, 0.1) is 18.3 Å². The molecule has 0 aromatic carbocycles. The van der Waals surface area contributed by atoms with E-state index >= 15 is 0 Å². The molecule has 0 unspecified atom stereocenters. The van der Waals surface area contributed by atoms with Crippen molar-refractivity contribution in [3.8, 4) is 6.07 Å². The second-order valence-electron chi connectivity index (χ2n) is 3.16. The van der Waals surface area contributed by atoms with Crippen LogP contribution in [-0.4, -0.2) is 19.7 Å². The molecule has 0 atom stereocenters. The summed E-state index contributed by atoms with van der Waals surface area (Å²) in [4.78, 5) is 18.3. The van der Waals surface area contributed by atoms with Crippen LogP contribution in [0.1, 0.15) is 12.2 Å². The third kappa shape index (κ3) is 1.59. The summed E-state index contributed by atoms with van der Waals surface area (Å²) in [5, 5.41) is 12.9. The van der Waals surface area contributed by atoms with Crippen LogP contribution in [0.25, 0.3) is 11.0 Å². The quantitative estimate of drug-likeness (QED) is 0.762. The molecule has 15 heavy (non-hydrogen) atoms. The third-order valence-corrected chi connectivity index (χ3v) is 2.06. The molecule has 0 fully saturated rings. The molecule has 2 heterocycles. The summed E-state index contributed by atoms with van der Waals surface area (Å²) >= 11 is 0. The Hall–Kier alpha value is -2.16. The summed E-state index contributed by atoms with van der Waals surface area (Å²) in [6.07, 6.45) is 1.82. The molecule has 0 radical (unpaired) electrons. The molecule has 6 heteroatoms. The summed E-state index contributed by atoms with van der Waals surface area (Å²) in [5.74, 6) is 0.547. The van der Waals surface area contributed by atoms with Crippen molar-refractivity contribution < 1.29 is 0 Å². The van der Waals surface area contributed by atoms with Gasteiger partial charge in [-0.2, -0.15) is 10.4 Å². The minimum absolute atomic E-state index is 0.194. The molecule has 0 amide bonds. The maximum atomic E-state index is 11.5. The van der Waals surface area contributed by atoms with Crippen LogP contribution >= 0.6 is 0 Å². The van der Waals surface area contributed by atoms with Crippen molar-refractivity contribution in [1.29, 1.82) is 5.26 Å². The van der Waals surface area contributed by atoms with Crippen molar-refractivity contribution in [3.63, 3.8) is 0 Å². The maximum Gasteiger partial charge on any atom is 0.262 e. The molecular weight excluding hydrogens is 194 g/mol. The number of aryl methyl sites for hydroxylation is 2. The molecule has 76 valence electrons. The van der Waals surface area contributed by atoms with Gasteiger partial charge in [0.05, 0.1) is 25.2 Å². The molecule has 0 aliphatic rings. The lowest BCUT2D eigenvalue weighted by Gasteiger charge is -1.98. The summed E-state index contributed by atoms with van der Waals surface area (Å²) in [7, 11) is 0. The fourth-order valence-electron chi connectivity index (χ4n) is 1.39. The maximum absolute atomic E-state index is 11.5. The fourth-order valence-corrected chi connectivity index (χ4v) is 1.39. The normalized spacial score (nSPS) is 10.4. The van der Waals surface area contributed by atoms with E-state index in [1.165, 1.54) is 6.20 Å². The Labute approximate surface area is 85.2 Å². The molecule has 2 aromatic rings. The van der Waals surface area contributed by atoms with Gasteiger partial charge < -0.3 is 4.98 Å². The van der Waals surface area contributed by atoms with Gasteiger partial charge in [0.2, 0.25) is 0 Å². The molecule has 0 aliphatic heterocycles. The first-order valence-corrected chi connectivity index (χ1v) is 4.52. The topological polar surface area (TPSA) is 87.4 Å². The smallest absolute Gasteiger partial charge is 0.262 e. The first kappa shape index (κ1) is 9.40. The van der Waals surface area contributed by atoms with Gasteiger partial charge in [-0.05, 0) is 6.92 Å². The lowest BCUT2D eigenvalue weighted by molar-refractivity contribution is 0.642. The highest BCUT2D eigenvalue weighted by Gasteiger charge is 2.07. The highest BCUT2D eigenvalue weighted by molar-refractivity contribution is 5.72. The molecule has 0 bridgehead atoms. The average Bonchev–Trinajstić information content (AvgIpc) is 2.58. The largest absolute Gasteiger partial charge is 0.310 e. The summed E-state index contributed by atoms with van der Waals surface area (Å²) < 4.78 is 1.57. The predicted molar refractivity (Wildman–Crippen MR) is 53.1 cm³/mol. The average molecular weight is 203 g/mol. The predicted octanol–water partition coefficient (Wildman–Crippen LogP) is 0.342. The van der Waals surface area contributed by atoms with Gasteiger partial charge in [-0.1, -0.05) is 0 Å². The lowest BCUT2D eigenvalue weighted by atomic mass is 10.4. The number of nitrogens with zero attached hydrogens (tertiary/aromatic N) is 4. The standard InChI is InChI=1S/C9H9N5O/c1-6-12-8-7(9(15)13-6)5-11-14(8)4-2-3-10/h5H,2,4H2,1H3,(H,12,13,15). The minimum Gasteiger partial charge on any atom is -0.310 e. The van der Waals surface area contributed by atoms with Crippen molar-refractivity contribution in [3.05, 3.63) is 22.4 Å². The van der Waals surface area contributed by atoms with Crippen LogP contribution in [0.4, 0.5) is 0 Å². The van der Waals surface area contributed by atoms with E-state index < -0.39 is 0 Å². The van der Waals surface area contributed by atoms with Crippen LogP contribution in [0.2, 0.25) is 0 Å². The molecule has 0 aliphatic carbocycles. The van der Waals surface area contributed by atoms with Gasteiger partial charge >= 0.3 is 0 Å². The number of nitrogens with one attached hydrogen (secondary N) is 1. The summed E-state index contributed by atoms with van der Waals surface area (Å²) in [5.41, 5.74) is 0.340. The third-order valence-electron chi connectivity index (χ3n) is 2.06. The number of aromatic amines is 1. The van der Waals surface area contributed by atoms with Crippen LogP contribution in [0.3, 0.4) is 0 Å². The second kappa shape index (κ2) is 3.53. The number of H-pyrrole nitrogens is 1. The lowest BCUT2D eigenvalue weighted by Crippen LogP contribution is -2.10. The van der Waals surface area contributed by atoms with Crippen molar-refractivity contribution in [2.45, 2.75) is 19.9 Å². The number of nitriles is 1. The van der Waals surface area contributed by atoms with E-state index in [4.69, 9.17) is 5.26 Å². The van der Waals surface area contributed by atoms with Crippen LogP contribution < -0.4 is 5.56 Å². The Morgan fingerprint density at radius 3 is 3.20 bits per heavy atom. The Bertz CT molecular complexity index is 589. The molecule has 0 saturated carbocycles. The molecular formula is C9H9N5O. The molecule has 2 rings (SSSR count). The van der Waals surface area contributed by atoms with Crippen molar-refractivity contribution >= 4 is 11.0 Å². The van der Waals surface area contributed by atoms with E-state index in [-0.39, 0.29) is 5.56 Å². The Kier molecular flexibility index (Phi) is 2.21. The molecule has 1 N–H and O–H groups in total. The highest BCUT2D eigenvalue weighted by Crippen LogP contribution is 2.06. The number of hydrogen-bond acceptors (Lipinski definition) is 4. The van der Waals surface area contributed by atoms with E-state index in [0.29, 0.717) is 29.8 Å². The van der Waals surface area contributed by atoms with E-state index in [1.807, 2.05) is 6.07 Å². The van der Waals surface area contributed by atoms with Gasteiger partial charge in [-0.3, -0.25) is 4.79 Å².